The highest BCUT2D eigenvalue weighted by Gasteiger charge is 2.07. The quantitative estimate of drug-likeness (QED) is 0.826. The van der Waals surface area contributed by atoms with Crippen LogP contribution in [0.5, 0.6) is 5.75 Å². The first-order chi connectivity index (χ1) is 10.1. The van der Waals surface area contributed by atoms with Crippen LogP contribution >= 0.6 is 11.6 Å². The predicted octanol–water partition coefficient (Wildman–Crippen LogP) is 1.81. The summed E-state index contributed by atoms with van der Waals surface area (Å²) in [4.78, 5) is 11.9. The van der Waals surface area contributed by atoms with Crippen LogP contribution in [0.4, 0.5) is 4.39 Å². The van der Waals surface area contributed by atoms with E-state index < -0.39 is 5.82 Å². The summed E-state index contributed by atoms with van der Waals surface area (Å²) in [6.07, 6.45) is 2.11. The van der Waals surface area contributed by atoms with Gasteiger partial charge in [-0.25, -0.2) is 9.07 Å². The Morgan fingerprint density at radius 2 is 2.19 bits per heavy atom. The molecule has 5 nitrogen and oxygen atoms in total. The van der Waals surface area contributed by atoms with Crippen molar-refractivity contribution >= 4 is 11.6 Å². The monoisotopic (exact) mass is 311 g/mol. The molecule has 0 spiro atoms. The van der Waals surface area contributed by atoms with Crippen molar-refractivity contribution in [1.29, 1.82) is 0 Å². The lowest BCUT2D eigenvalue weighted by molar-refractivity contribution is 0.309. The molecule has 21 heavy (non-hydrogen) atoms. The third-order valence-electron chi connectivity index (χ3n) is 2.79. The molecule has 0 radical (unpaired) electrons. The summed E-state index contributed by atoms with van der Waals surface area (Å²) < 4.78 is 20.1. The van der Waals surface area contributed by atoms with Crippen LogP contribution in [0.2, 0.25) is 5.02 Å². The number of hydrogen-bond acceptors (Lipinski definition) is 4. The molecule has 0 unspecified atom stereocenters. The molecule has 0 aliphatic heterocycles. The van der Waals surface area contributed by atoms with Crippen LogP contribution in [-0.4, -0.2) is 22.9 Å². The number of rotatable bonds is 6. The van der Waals surface area contributed by atoms with E-state index in [1.165, 1.54) is 30.5 Å². The van der Waals surface area contributed by atoms with Crippen LogP contribution in [0.3, 0.4) is 0 Å². The summed E-state index contributed by atoms with van der Waals surface area (Å²) in [6.45, 7) is 0.942. The zero-order valence-corrected chi connectivity index (χ0v) is 12.0. The molecule has 0 saturated heterocycles. The van der Waals surface area contributed by atoms with E-state index in [1.807, 2.05) is 0 Å². The highest BCUT2D eigenvalue weighted by molar-refractivity contribution is 6.30. The number of ether oxygens (including phenoxy) is 1. The maximum absolute atomic E-state index is 13.6. The van der Waals surface area contributed by atoms with Gasteiger partial charge in [0.15, 0.2) is 0 Å². The molecule has 0 bridgehead atoms. The van der Waals surface area contributed by atoms with Gasteiger partial charge in [0.2, 0.25) is 0 Å². The summed E-state index contributed by atoms with van der Waals surface area (Å²) in [5.41, 5.74) is 5.28. The van der Waals surface area contributed by atoms with E-state index in [2.05, 4.69) is 5.10 Å². The van der Waals surface area contributed by atoms with E-state index in [-0.39, 0.29) is 12.1 Å². The van der Waals surface area contributed by atoms with Crippen molar-refractivity contribution in [2.75, 3.05) is 13.2 Å². The maximum atomic E-state index is 13.6. The Kier molecular flexibility index (Phi) is 5.30. The SMILES string of the molecule is NCCCOc1cnn(Cc2cc(Cl)ccc2F)c(=O)c1. The zero-order valence-electron chi connectivity index (χ0n) is 11.3. The van der Waals surface area contributed by atoms with Gasteiger partial charge in [-0.15, -0.1) is 0 Å². The Bertz CT molecular complexity index is 676. The maximum Gasteiger partial charge on any atom is 0.270 e. The highest BCUT2D eigenvalue weighted by Crippen LogP contribution is 2.15. The number of benzene rings is 1. The number of halogens is 2. The Morgan fingerprint density at radius 1 is 1.38 bits per heavy atom. The van der Waals surface area contributed by atoms with Gasteiger partial charge in [0.1, 0.15) is 11.6 Å². The predicted molar refractivity (Wildman–Crippen MR) is 78.2 cm³/mol. The van der Waals surface area contributed by atoms with Crippen LogP contribution in [0, 0.1) is 5.82 Å². The summed E-state index contributed by atoms with van der Waals surface area (Å²) in [6, 6.07) is 5.49. The van der Waals surface area contributed by atoms with Gasteiger partial charge in [-0.3, -0.25) is 4.79 Å². The normalized spacial score (nSPS) is 10.6. The smallest absolute Gasteiger partial charge is 0.270 e. The average Bonchev–Trinajstić information content (AvgIpc) is 2.46. The van der Waals surface area contributed by atoms with E-state index in [4.69, 9.17) is 22.1 Å². The number of hydrogen-bond donors (Lipinski definition) is 1. The van der Waals surface area contributed by atoms with Gasteiger partial charge >= 0.3 is 0 Å². The summed E-state index contributed by atoms with van der Waals surface area (Å²) in [5.74, 6) is -0.0624. The minimum Gasteiger partial charge on any atom is -0.492 e. The van der Waals surface area contributed by atoms with Crippen molar-refractivity contribution in [2.45, 2.75) is 13.0 Å². The fourth-order valence-corrected chi connectivity index (χ4v) is 1.91. The van der Waals surface area contributed by atoms with Gasteiger partial charge in [0, 0.05) is 16.7 Å². The van der Waals surface area contributed by atoms with E-state index in [0.29, 0.717) is 35.9 Å². The second kappa shape index (κ2) is 7.19. The fraction of sp³-hybridized carbons (Fsp3) is 0.286. The molecule has 0 atom stereocenters. The summed E-state index contributed by atoms with van der Waals surface area (Å²) >= 11 is 5.81. The number of aromatic nitrogens is 2. The largest absolute Gasteiger partial charge is 0.492 e. The Balaban J connectivity index is 2.14. The lowest BCUT2D eigenvalue weighted by Crippen LogP contribution is -2.23. The number of nitrogens with zero attached hydrogens (tertiary/aromatic N) is 2. The zero-order chi connectivity index (χ0) is 15.2. The molecule has 112 valence electrons. The molecule has 0 fully saturated rings. The van der Waals surface area contributed by atoms with Crippen LogP contribution in [0.1, 0.15) is 12.0 Å². The number of nitrogens with two attached hydrogens (primary N) is 1. The molecule has 2 rings (SSSR count). The van der Waals surface area contributed by atoms with Crippen LogP contribution in [-0.2, 0) is 6.54 Å². The van der Waals surface area contributed by atoms with E-state index in [9.17, 15) is 9.18 Å². The van der Waals surface area contributed by atoms with Gasteiger partial charge < -0.3 is 10.5 Å². The van der Waals surface area contributed by atoms with E-state index in [1.54, 1.807) is 0 Å². The molecule has 0 amide bonds. The van der Waals surface area contributed by atoms with E-state index in [0.717, 1.165) is 4.68 Å². The lowest BCUT2D eigenvalue weighted by atomic mass is 10.2. The molecule has 1 aromatic heterocycles. The van der Waals surface area contributed by atoms with Gasteiger partial charge in [0.05, 0.1) is 19.3 Å². The second-order valence-corrected chi connectivity index (χ2v) is 4.85. The van der Waals surface area contributed by atoms with Crippen molar-refractivity contribution in [1.82, 2.24) is 9.78 Å². The first kappa shape index (κ1) is 15.5. The van der Waals surface area contributed by atoms with Crippen LogP contribution in [0.15, 0.2) is 35.3 Å². The molecule has 1 aromatic carbocycles. The average molecular weight is 312 g/mol. The fourth-order valence-electron chi connectivity index (χ4n) is 1.71. The minimum absolute atomic E-state index is 0.00824. The van der Waals surface area contributed by atoms with Crippen LogP contribution in [0.25, 0.3) is 0 Å². The third kappa shape index (κ3) is 4.27. The molecule has 7 heteroatoms. The Labute approximate surface area is 126 Å². The third-order valence-corrected chi connectivity index (χ3v) is 3.02. The van der Waals surface area contributed by atoms with Crippen molar-refractivity contribution in [3.8, 4) is 5.75 Å². The molecular weight excluding hydrogens is 297 g/mol. The van der Waals surface area contributed by atoms with Crippen molar-refractivity contribution in [3.63, 3.8) is 0 Å². The minimum atomic E-state index is -0.434. The van der Waals surface area contributed by atoms with Crippen molar-refractivity contribution < 1.29 is 9.13 Å². The van der Waals surface area contributed by atoms with Crippen molar-refractivity contribution in [2.24, 2.45) is 5.73 Å². The molecule has 0 aliphatic carbocycles. The molecule has 2 N–H and O–H groups in total. The van der Waals surface area contributed by atoms with Gasteiger partial charge in [0.25, 0.3) is 5.56 Å². The topological polar surface area (TPSA) is 70.1 Å². The van der Waals surface area contributed by atoms with Crippen LogP contribution < -0.4 is 16.0 Å². The first-order valence-electron chi connectivity index (χ1n) is 6.44. The molecule has 0 aliphatic rings. The Morgan fingerprint density at radius 3 is 2.90 bits per heavy atom. The van der Waals surface area contributed by atoms with Gasteiger partial charge in [-0.2, -0.15) is 5.10 Å². The summed E-state index contributed by atoms with van der Waals surface area (Å²) in [7, 11) is 0. The van der Waals surface area contributed by atoms with Gasteiger partial charge in [-0.1, -0.05) is 11.6 Å². The lowest BCUT2D eigenvalue weighted by Gasteiger charge is -2.08. The molecule has 2 aromatic rings. The standard InChI is InChI=1S/C14H15ClFN3O2/c15-11-2-3-13(16)10(6-11)9-19-14(20)7-12(8-18-19)21-5-1-4-17/h2-3,6-8H,1,4-5,9,17H2. The van der Waals surface area contributed by atoms with Gasteiger partial charge in [-0.05, 0) is 31.2 Å². The molecule has 0 saturated carbocycles. The molecule has 1 heterocycles. The summed E-state index contributed by atoms with van der Waals surface area (Å²) in [5, 5.41) is 4.37. The highest BCUT2D eigenvalue weighted by atomic mass is 35.5. The first-order valence-corrected chi connectivity index (χ1v) is 6.82. The Hall–Kier alpha value is -1.92. The second-order valence-electron chi connectivity index (χ2n) is 4.41. The molecular formula is C14H15ClFN3O2. The van der Waals surface area contributed by atoms with Crippen molar-refractivity contribution in [3.05, 3.63) is 57.2 Å². The van der Waals surface area contributed by atoms with E-state index >= 15 is 0 Å².